The Balaban J connectivity index is 1.77. The van der Waals surface area contributed by atoms with Crippen molar-refractivity contribution < 1.29 is 17.9 Å². The van der Waals surface area contributed by atoms with Gasteiger partial charge in [-0.2, -0.15) is 4.98 Å². The predicted octanol–water partition coefficient (Wildman–Crippen LogP) is 4.04. The zero-order chi connectivity index (χ0) is 23.6. The molecule has 4 rings (SSSR count). The maximum atomic E-state index is 13.0. The molecule has 2 aliphatic heterocycles. The molecule has 0 saturated heterocycles. The number of anilines is 1. The zero-order valence-corrected chi connectivity index (χ0v) is 20.4. The third-order valence-electron chi connectivity index (χ3n) is 4.76. The summed E-state index contributed by atoms with van der Waals surface area (Å²) in [7, 11) is -3.96. The first-order valence-electron chi connectivity index (χ1n) is 10.1. The summed E-state index contributed by atoms with van der Waals surface area (Å²) in [4.78, 5) is 28.7. The number of carbonyl (C=O) groups is 1. The van der Waals surface area contributed by atoms with E-state index in [-0.39, 0.29) is 23.1 Å². The van der Waals surface area contributed by atoms with E-state index in [2.05, 4.69) is 9.71 Å². The minimum absolute atomic E-state index is 0.0405. The molecule has 33 heavy (non-hydrogen) atoms. The second kappa shape index (κ2) is 9.54. The average Bonchev–Trinajstić information content (AvgIpc) is 3.10. The van der Waals surface area contributed by atoms with Crippen LogP contribution in [-0.2, 0) is 19.6 Å². The quantitative estimate of drug-likeness (QED) is 0.286. The summed E-state index contributed by atoms with van der Waals surface area (Å²) in [6, 6.07) is 13.7. The second-order valence-electron chi connectivity index (χ2n) is 7.11. The number of imidazole rings is 1. The summed E-state index contributed by atoms with van der Waals surface area (Å²) >= 11 is 2.76. The van der Waals surface area contributed by atoms with E-state index in [0.717, 1.165) is 10.3 Å². The molecule has 11 heteroatoms. The van der Waals surface area contributed by atoms with Crippen LogP contribution in [0.25, 0.3) is 15.9 Å². The first-order chi connectivity index (χ1) is 15.8. The molecule has 0 spiro atoms. The van der Waals surface area contributed by atoms with E-state index >= 15 is 0 Å². The number of thioether (sulfide) groups is 1. The van der Waals surface area contributed by atoms with Gasteiger partial charge >= 0.3 is 11.7 Å². The molecular formula is C22H21N3O5S3. The monoisotopic (exact) mass is 503 g/mol. The lowest BCUT2D eigenvalue weighted by atomic mass is 10.2. The lowest BCUT2D eigenvalue weighted by Crippen LogP contribution is -2.14. The van der Waals surface area contributed by atoms with Crippen molar-refractivity contribution in [3.05, 3.63) is 64.6 Å². The molecular weight excluding hydrogens is 482 g/mol. The highest BCUT2D eigenvalue weighted by Crippen LogP contribution is 2.40. The number of para-hydroxylation sites is 1. The van der Waals surface area contributed by atoms with Gasteiger partial charge in [0.15, 0.2) is 5.82 Å². The molecule has 0 fully saturated rings. The Labute approximate surface area is 199 Å². The minimum atomic E-state index is -3.96. The molecule has 1 N–H and O–H groups in total. The molecule has 2 aliphatic rings. The molecule has 0 aliphatic carbocycles. The first-order valence-corrected chi connectivity index (χ1v) is 13.4. The third-order valence-corrected chi connectivity index (χ3v) is 8.52. The van der Waals surface area contributed by atoms with Crippen LogP contribution >= 0.6 is 23.1 Å². The van der Waals surface area contributed by atoms with Gasteiger partial charge in [-0.05, 0) is 38.1 Å². The van der Waals surface area contributed by atoms with E-state index in [1.807, 2.05) is 19.1 Å². The first kappa shape index (κ1) is 23.3. The van der Waals surface area contributed by atoms with E-state index in [1.54, 1.807) is 31.2 Å². The van der Waals surface area contributed by atoms with Crippen LogP contribution in [0.5, 0.6) is 0 Å². The van der Waals surface area contributed by atoms with Gasteiger partial charge < -0.3 is 4.74 Å². The van der Waals surface area contributed by atoms with Gasteiger partial charge in [0.2, 0.25) is 0 Å². The Morgan fingerprint density at radius 1 is 1.18 bits per heavy atom. The number of aryl methyl sites for hydroxylation is 1. The van der Waals surface area contributed by atoms with Crippen LogP contribution in [0.3, 0.4) is 0 Å². The van der Waals surface area contributed by atoms with Crippen LogP contribution in [0.2, 0.25) is 0 Å². The average molecular weight is 504 g/mol. The molecule has 0 bridgehead atoms. The molecule has 0 atom stereocenters. The van der Waals surface area contributed by atoms with Gasteiger partial charge in [-0.15, -0.1) is 23.1 Å². The summed E-state index contributed by atoms with van der Waals surface area (Å²) in [6.45, 7) is 3.91. The molecule has 172 valence electrons. The molecule has 0 radical (unpaired) electrons. The van der Waals surface area contributed by atoms with Crippen molar-refractivity contribution in [2.24, 2.45) is 0 Å². The highest BCUT2D eigenvalue weighted by Gasteiger charge is 2.26. The second-order valence-corrected chi connectivity index (χ2v) is 11.2. The summed E-state index contributed by atoms with van der Waals surface area (Å²) in [5, 5.41) is 0. The number of nitrogens with one attached hydrogen (secondary N) is 1. The summed E-state index contributed by atoms with van der Waals surface area (Å²) in [6.07, 6.45) is 0.188. The number of sulfonamides is 1. The van der Waals surface area contributed by atoms with E-state index < -0.39 is 15.7 Å². The van der Waals surface area contributed by atoms with Gasteiger partial charge in [0.05, 0.1) is 32.3 Å². The van der Waals surface area contributed by atoms with Gasteiger partial charge in [-0.25, -0.2) is 13.2 Å². The van der Waals surface area contributed by atoms with Crippen molar-refractivity contribution in [3.8, 4) is 5.69 Å². The molecule has 2 heterocycles. The Morgan fingerprint density at radius 2 is 1.91 bits per heavy atom. The number of hydrogen-bond donors (Lipinski definition) is 1. The van der Waals surface area contributed by atoms with Gasteiger partial charge in [0.25, 0.3) is 10.0 Å². The largest absolute Gasteiger partial charge is 0.466 e. The number of nitrogens with zero attached hydrogens (tertiary/aromatic N) is 2. The maximum Gasteiger partial charge on any atom is 0.354 e. The van der Waals surface area contributed by atoms with Crippen molar-refractivity contribution in [1.29, 1.82) is 0 Å². The highest BCUT2D eigenvalue weighted by atomic mass is 32.2. The Hall–Kier alpha value is -2.89. The number of carbonyl (C=O) groups excluding carboxylic acids is 1. The normalized spacial score (nSPS) is 11.7. The Kier molecular flexibility index (Phi) is 6.73. The van der Waals surface area contributed by atoms with E-state index in [9.17, 15) is 18.0 Å². The number of rotatable bonds is 8. The molecule has 2 aromatic carbocycles. The molecule has 0 saturated carbocycles. The minimum Gasteiger partial charge on any atom is -0.466 e. The standard InChI is InChI=1S/C22H21N3O5S3/c1-3-30-18(26)12-13-31-21-19-20(24-33(28,29)15-10-8-14(2)9-11-15)23-22(27)25(19)16-6-4-5-7-17(16)32-21/h4-11H,3,12-13H2,1-2H3,(H,23,24,27). The summed E-state index contributed by atoms with van der Waals surface area (Å²) in [5.41, 5.74) is 1.35. The van der Waals surface area contributed by atoms with Crippen LogP contribution in [0.4, 0.5) is 5.82 Å². The predicted molar refractivity (Wildman–Crippen MR) is 130 cm³/mol. The Bertz CT molecular complexity index is 1440. The van der Waals surface area contributed by atoms with E-state index in [4.69, 9.17) is 4.74 Å². The highest BCUT2D eigenvalue weighted by molar-refractivity contribution is 8.01. The fourth-order valence-electron chi connectivity index (χ4n) is 3.22. The number of benzene rings is 2. The van der Waals surface area contributed by atoms with Crippen molar-refractivity contribution in [2.75, 3.05) is 17.1 Å². The molecule has 0 amide bonds. The fraction of sp³-hybridized carbons (Fsp3) is 0.227. The summed E-state index contributed by atoms with van der Waals surface area (Å²) in [5.74, 6) is 0.0543. The number of fused-ring (bicyclic) bond motifs is 3. The van der Waals surface area contributed by atoms with Gasteiger partial charge in [-0.3, -0.25) is 14.1 Å². The lowest BCUT2D eigenvalue weighted by molar-refractivity contribution is -0.142. The number of hydrogen-bond acceptors (Lipinski definition) is 8. The van der Waals surface area contributed by atoms with Gasteiger partial charge in [0, 0.05) is 5.75 Å². The van der Waals surface area contributed by atoms with Crippen LogP contribution in [0.15, 0.2) is 62.4 Å². The van der Waals surface area contributed by atoms with Crippen molar-refractivity contribution in [2.45, 2.75) is 29.4 Å². The molecule has 0 aromatic heterocycles. The number of ether oxygens (including phenoxy) is 1. The lowest BCUT2D eigenvalue weighted by Gasteiger charge is -2.14. The fourth-order valence-corrected chi connectivity index (χ4v) is 6.66. The molecule has 0 unspecified atom stereocenters. The van der Waals surface area contributed by atoms with Crippen molar-refractivity contribution in [3.63, 3.8) is 0 Å². The zero-order valence-electron chi connectivity index (χ0n) is 17.9. The topological polar surface area (TPSA) is 107 Å². The van der Waals surface area contributed by atoms with Crippen LogP contribution in [0, 0.1) is 6.92 Å². The van der Waals surface area contributed by atoms with Crippen LogP contribution in [0.1, 0.15) is 18.9 Å². The smallest absolute Gasteiger partial charge is 0.354 e. The number of aromatic nitrogens is 2. The number of esters is 1. The molecule has 2 aromatic rings. The van der Waals surface area contributed by atoms with Crippen LogP contribution in [-0.4, -0.2) is 36.3 Å². The SMILES string of the molecule is CCOC(=O)CCSc1sc2ccccc2n2c(=O)nc(NS(=O)(=O)c3ccc(C)cc3)c1-2. The van der Waals surface area contributed by atoms with Gasteiger partial charge in [0.1, 0.15) is 5.69 Å². The third kappa shape index (κ3) is 4.90. The summed E-state index contributed by atoms with van der Waals surface area (Å²) < 4.78 is 36.4. The van der Waals surface area contributed by atoms with Crippen LogP contribution < -0.4 is 10.4 Å². The van der Waals surface area contributed by atoms with Crippen molar-refractivity contribution >= 4 is 55.1 Å². The van der Waals surface area contributed by atoms with E-state index in [0.29, 0.717) is 27.8 Å². The Morgan fingerprint density at radius 3 is 2.64 bits per heavy atom. The van der Waals surface area contributed by atoms with E-state index in [1.165, 1.54) is 39.8 Å². The molecule has 8 nitrogen and oxygen atoms in total. The van der Waals surface area contributed by atoms with Crippen molar-refractivity contribution in [1.82, 2.24) is 9.55 Å². The maximum absolute atomic E-state index is 13.0. The van der Waals surface area contributed by atoms with Gasteiger partial charge in [-0.1, -0.05) is 29.8 Å².